The molecule has 0 aromatic heterocycles. The Morgan fingerprint density at radius 2 is 2.14 bits per heavy atom. The Balaban J connectivity index is 3.11. The van der Waals surface area contributed by atoms with Crippen LogP contribution in [-0.2, 0) is 4.79 Å². The lowest BCUT2D eigenvalue weighted by molar-refractivity contribution is -0.147. The van der Waals surface area contributed by atoms with Crippen LogP contribution in [0.3, 0.4) is 0 Å². The van der Waals surface area contributed by atoms with Gasteiger partial charge in [0.2, 0.25) is 0 Å². The SMILES string of the molecule is COc1ccc(C)c(C(O)C(=O)O)c1. The van der Waals surface area contributed by atoms with E-state index in [2.05, 4.69) is 0 Å². The van der Waals surface area contributed by atoms with Crippen LogP contribution in [0.4, 0.5) is 0 Å². The molecular weight excluding hydrogens is 184 g/mol. The van der Waals surface area contributed by atoms with Gasteiger partial charge in [-0.3, -0.25) is 0 Å². The lowest BCUT2D eigenvalue weighted by Gasteiger charge is -2.10. The molecule has 14 heavy (non-hydrogen) atoms. The minimum Gasteiger partial charge on any atom is -0.497 e. The maximum Gasteiger partial charge on any atom is 0.337 e. The highest BCUT2D eigenvalue weighted by Gasteiger charge is 2.18. The highest BCUT2D eigenvalue weighted by molar-refractivity contribution is 5.74. The van der Waals surface area contributed by atoms with Crippen LogP contribution in [0, 0.1) is 6.92 Å². The van der Waals surface area contributed by atoms with E-state index < -0.39 is 12.1 Å². The van der Waals surface area contributed by atoms with Crippen LogP contribution in [0.2, 0.25) is 0 Å². The van der Waals surface area contributed by atoms with Crippen molar-refractivity contribution in [2.75, 3.05) is 7.11 Å². The number of methoxy groups -OCH3 is 1. The van der Waals surface area contributed by atoms with Gasteiger partial charge < -0.3 is 14.9 Å². The first-order valence-corrected chi connectivity index (χ1v) is 4.11. The van der Waals surface area contributed by atoms with E-state index in [0.717, 1.165) is 5.56 Å². The van der Waals surface area contributed by atoms with E-state index in [-0.39, 0.29) is 0 Å². The second kappa shape index (κ2) is 4.11. The number of aliphatic hydroxyl groups is 1. The molecule has 0 saturated carbocycles. The number of hydrogen-bond acceptors (Lipinski definition) is 3. The zero-order chi connectivity index (χ0) is 10.7. The van der Waals surface area contributed by atoms with E-state index in [9.17, 15) is 9.90 Å². The van der Waals surface area contributed by atoms with Crippen molar-refractivity contribution in [1.82, 2.24) is 0 Å². The molecule has 0 amide bonds. The summed E-state index contributed by atoms with van der Waals surface area (Å²) in [6.07, 6.45) is -1.50. The van der Waals surface area contributed by atoms with Crippen molar-refractivity contribution >= 4 is 5.97 Å². The third kappa shape index (κ3) is 2.03. The van der Waals surface area contributed by atoms with E-state index >= 15 is 0 Å². The molecule has 0 saturated heterocycles. The molecule has 4 nitrogen and oxygen atoms in total. The molecule has 0 bridgehead atoms. The van der Waals surface area contributed by atoms with Gasteiger partial charge in [0.1, 0.15) is 5.75 Å². The van der Waals surface area contributed by atoms with Crippen molar-refractivity contribution in [3.8, 4) is 5.75 Å². The Kier molecular flexibility index (Phi) is 3.09. The molecule has 0 aliphatic heterocycles. The Morgan fingerprint density at radius 1 is 1.50 bits per heavy atom. The number of carboxylic acid groups (broad SMARTS) is 1. The molecule has 0 spiro atoms. The maximum atomic E-state index is 10.6. The standard InChI is InChI=1S/C10H12O4/c1-6-3-4-7(14-2)5-8(6)9(11)10(12)13/h3-5,9,11H,1-2H3,(H,12,13). The van der Waals surface area contributed by atoms with Crippen molar-refractivity contribution in [1.29, 1.82) is 0 Å². The van der Waals surface area contributed by atoms with Gasteiger partial charge in [-0.25, -0.2) is 4.79 Å². The Hall–Kier alpha value is -1.55. The van der Waals surface area contributed by atoms with E-state index in [1.54, 1.807) is 19.1 Å². The molecule has 0 aliphatic carbocycles. The van der Waals surface area contributed by atoms with Crippen LogP contribution >= 0.6 is 0 Å². The summed E-state index contributed by atoms with van der Waals surface area (Å²) in [5.41, 5.74) is 1.08. The van der Waals surface area contributed by atoms with Crippen molar-refractivity contribution in [3.63, 3.8) is 0 Å². The summed E-state index contributed by atoms with van der Waals surface area (Å²) in [6, 6.07) is 4.95. The van der Waals surface area contributed by atoms with Crippen molar-refractivity contribution < 1.29 is 19.7 Å². The molecule has 1 aromatic carbocycles. The maximum absolute atomic E-state index is 10.6. The summed E-state index contributed by atoms with van der Waals surface area (Å²) in [5.74, 6) is -0.729. The summed E-state index contributed by atoms with van der Waals surface area (Å²) in [4.78, 5) is 10.6. The van der Waals surface area contributed by atoms with Crippen molar-refractivity contribution in [2.24, 2.45) is 0 Å². The highest BCUT2D eigenvalue weighted by atomic mass is 16.5. The Morgan fingerprint density at radius 3 is 2.64 bits per heavy atom. The van der Waals surface area contributed by atoms with Crippen LogP contribution in [0.1, 0.15) is 17.2 Å². The summed E-state index contributed by atoms with van der Waals surface area (Å²) >= 11 is 0. The number of carboxylic acids is 1. The van der Waals surface area contributed by atoms with Gasteiger partial charge in [0.15, 0.2) is 6.10 Å². The second-order valence-electron chi connectivity index (χ2n) is 2.96. The quantitative estimate of drug-likeness (QED) is 0.760. The molecule has 1 unspecified atom stereocenters. The Bertz CT molecular complexity index is 346. The fraction of sp³-hybridized carbons (Fsp3) is 0.300. The summed E-state index contributed by atoms with van der Waals surface area (Å²) < 4.78 is 4.94. The van der Waals surface area contributed by atoms with Crippen LogP contribution < -0.4 is 4.74 Å². The van der Waals surface area contributed by atoms with E-state index in [1.165, 1.54) is 13.2 Å². The first kappa shape index (κ1) is 10.5. The molecule has 4 heteroatoms. The van der Waals surface area contributed by atoms with Gasteiger partial charge in [-0.05, 0) is 30.2 Å². The summed E-state index contributed by atoms with van der Waals surface area (Å²) in [5, 5.41) is 18.0. The fourth-order valence-electron chi connectivity index (χ4n) is 1.17. The number of carbonyl (C=O) groups is 1. The molecule has 0 fully saturated rings. The number of aliphatic carboxylic acids is 1. The van der Waals surface area contributed by atoms with Crippen molar-refractivity contribution in [3.05, 3.63) is 29.3 Å². The predicted molar refractivity (Wildman–Crippen MR) is 50.3 cm³/mol. The molecule has 0 radical (unpaired) electrons. The molecule has 1 rings (SSSR count). The van der Waals surface area contributed by atoms with Gasteiger partial charge in [0, 0.05) is 0 Å². The van der Waals surface area contributed by atoms with Crippen molar-refractivity contribution in [2.45, 2.75) is 13.0 Å². The first-order valence-electron chi connectivity index (χ1n) is 4.11. The van der Waals surface area contributed by atoms with Gasteiger partial charge in [-0.1, -0.05) is 6.07 Å². The molecule has 1 aromatic rings. The van der Waals surface area contributed by atoms with E-state index in [0.29, 0.717) is 11.3 Å². The second-order valence-corrected chi connectivity index (χ2v) is 2.96. The van der Waals surface area contributed by atoms with Crippen LogP contribution in [-0.4, -0.2) is 23.3 Å². The van der Waals surface area contributed by atoms with Gasteiger partial charge >= 0.3 is 5.97 Å². The van der Waals surface area contributed by atoms with E-state index in [4.69, 9.17) is 9.84 Å². The lowest BCUT2D eigenvalue weighted by Crippen LogP contribution is -2.11. The van der Waals surface area contributed by atoms with E-state index in [1.807, 2.05) is 0 Å². The third-order valence-electron chi connectivity index (χ3n) is 2.01. The molecule has 0 aliphatic rings. The summed E-state index contributed by atoms with van der Waals surface area (Å²) in [7, 11) is 1.49. The first-order chi connectivity index (χ1) is 6.56. The van der Waals surface area contributed by atoms with Gasteiger partial charge in [0.25, 0.3) is 0 Å². The van der Waals surface area contributed by atoms with Crippen LogP contribution in [0.15, 0.2) is 18.2 Å². The highest BCUT2D eigenvalue weighted by Crippen LogP contribution is 2.23. The number of aliphatic hydroxyl groups excluding tert-OH is 1. The monoisotopic (exact) mass is 196 g/mol. The fourth-order valence-corrected chi connectivity index (χ4v) is 1.17. The average Bonchev–Trinajstić information content (AvgIpc) is 2.17. The molecular formula is C10H12O4. The minimum atomic E-state index is -1.50. The topological polar surface area (TPSA) is 66.8 Å². The van der Waals surface area contributed by atoms with Crippen LogP contribution in [0.5, 0.6) is 5.75 Å². The van der Waals surface area contributed by atoms with Gasteiger partial charge in [-0.2, -0.15) is 0 Å². The summed E-state index contributed by atoms with van der Waals surface area (Å²) in [6.45, 7) is 1.74. The zero-order valence-electron chi connectivity index (χ0n) is 8.02. The van der Waals surface area contributed by atoms with Gasteiger partial charge in [0.05, 0.1) is 7.11 Å². The average molecular weight is 196 g/mol. The normalized spacial score (nSPS) is 12.2. The van der Waals surface area contributed by atoms with Crippen LogP contribution in [0.25, 0.3) is 0 Å². The predicted octanol–water partition coefficient (Wildman–Crippen LogP) is 1.12. The molecule has 1 atom stereocenters. The Labute approximate surface area is 81.8 Å². The lowest BCUT2D eigenvalue weighted by atomic mass is 10.0. The number of hydrogen-bond donors (Lipinski definition) is 2. The minimum absolute atomic E-state index is 0.358. The third-order valence-corrected chi connectivity index (χ3v) is 2.01. The number of ether oxygens (including phenoxy) is 1. The number of benzene rings is 1. The number of aryl methyl sites for hydroxylation is 1. The molecule has 0 heterocycles. The number of rotatable bonds is 3. The smallest absolute Gasteiger partial charge is 0.337 e. The zero-order valence-corrected chi connectivity index (χ0v) is 8.02. The van der Waals surface area contributed by atoms with Gasteiger partial charge in [-0.15, -0.1) is 0 Å². The molecule has 76 valence electrons. The largest absolute Gasteiger partial charge is 0.497 e. The molecule has 2 N–H and O–H groups in total.